The van der Waals surface area contributed by atoms with E-state index in [9.17, 15) is 4.79 Å². The molecule has 4 nitrogen and oxygen atoms in total. The highest BCUT2D eigenvalue weighted by Gasteiger charge is 2.09. The molecule has 0 atom stereocenters. The van der Waals surface area contributed by atoms with E-state index in [4.69, 9.17) is 9.47 Å². The molecule has 2 rings (SSSR count). The van der Waals surface area contributed by atoms with Crippen LogP contribution in [-0.2, 0) is 0 Å². The number of methoxy groups -OCH3 is 2. The van der Waals surface area contributed by atoms with E-state index in [2.05, 4.69) is 4.98 Å². The van der Waals surface area contributed by atoms with E-state index in [0.29, 0.717) is 5.75 Å². The first-order chi connectivity index (χ1) is 7.67. The Hall–Kier alpha value is -1.97. The van der Waals surface area contributed by atoms with Crippen molar-refractivity contribution in [2.75, 3.05) is 14.2 Å². The van der Waals surface area contributed by atoms with Crippen LogP contribution in [0.4, 0.5) is 0 Å². The van der Waals surface area contributed by atoms with Gasteiger partial charge in [0.1, 0.15) is 11.5 Å². The lowest BCUT2D eigenvalue weighted by molar-refractivity contribution is 0.411. The number of H-pyrrole nitrogens is 1. The minimum atomic E-state index is -0.180. The van der Waals surface area contributed by atoms with Crippen molar-refractivity contribution in [2.45, 2.75) is 6.92 Å². The lowest BCUT2D eigenvalue weighted by Crippen LogP contribution is -2.06. The molecule has 0 fully saturated rings. The third-order valence-electron chi connectivity index (χ3n) is 2.63. The van der Waals surface area contributed by atoms with Gasteiger partial charge in [0.05, 0.1) is 19.7 Å². The summed E-state index contributed by atoms with van der Waals surface area (Å²) >= 11 is 0. The van der Waals surface area contributed by atoms with Gasteiger partial charge in [-0.2, -0.15) is 0 Å². The number of pyridine rings is 1. The van der Waals surface area contributed by atoms with Crippen LogP contribution in [0.3, 0.4) is 0 Å². The molecule has 0 aliphatic carbocycles. The van der Waals surface area contributed by atoms with Crippen molar-refractivity contribution in [3.63, 3.8) is 0 Å². The molecule has 1 aromatic carbocycles. The molecular weight excluding hydrogens is 206 g/mol. The van der Waals surface area contributed by atoms with Gasteiger partial charge in [-0.1, -0.05) is 0 Å². The van der Waals surface area contributed by atoms with Gasteiger partial charge in [-0.15, -0.1) is 0 Å². The number of rotatable bonds is 2. The largest absolute Gasteiger partial charge is 0.496 e. The summed E-state index contributed by atoms with van der Waals surface area (Å²) in [5, 5.41) is 0.875. The first-order valence-electron chi connectivity index (χ1n) is 4.92. The molecular formula is C12H13NO3. The maximum Gasteiger partial charge on any atom is 0.252 e. The average Bonchev–Trinajstić information content (AvgIpc) is 2.29. The maximum absolute atomic E-state index is 11.4. The first kappa shape index (κ1) is 10.5. The quantitative estimate of drug-likeness (QED) is 0.838. The zero-order chi connectivity index (χ0) is 11.7. The lowest BCUT2D eigenvalue weighted by Gasteiger charge is -2.10. The summed E-state index contributed by atoms with van der Waals surface area (Å²) in [6, 6.07) is 5.17. The van der Waals surface area contributed by atoms with Gasteiger partial charge in [-0.25, -0.2) is 0 Å². The molecule has 2 aromatic rings. The van der Waals surface area contributed by atoms with Crippen molar-refractivity contribution in [2.24, 2.45) is 0 Å². The van der Waals surface area contributed by atoms with Crippen molar-refractivity contribution in [1.82, 2.24) is 4.98 Å². The predicted molar refractivity (Wildman–Crippen MR) is 62.4 cm³/mol. The smallest absolute Gasteiger partial charge is 0.252 e. The van der Waals surface area contributed by atoms with Crippen LogP contribution in [0.1, 0.15) is 5.56 Å². The summed E-state index contributed by atoms with van der Waals surface area (Å²) in [7, 11) is 3.15. The summed E-state index contributed by atoms with van der Waals surface area (Å²) in [5.74, 6) is 1.32. The average molecular weight is 219 g/mol. The zero-order valence-electron chi connectivity index (χ0n) is 9.46. The molecule has 0 saturated heterocycles. The van der Waals surface area contributed by atoms with Crippen molar-refractivity contribution in [3.05, 3.63) is 34.1 Å². The number of aromatic nitrogens is 1. The summed E-state index contributed by atoms with van der Waals surface area (Å²) in [4.78, 5) is 14.2. The third-order valence-corrected chi connectivity index (χ3v) is 2.63. The molecule has 16 heavy (non-hydrogen) atoms. The molecule has 0 saturated carbocycles. The normalized spacial score (nSPS) is 10.4. The minimum Gasteiger partial charge on any atom is -0.496 e. The summed E-state index contributed by atoms with van der Waals surface area (Å²) in [6.07, 6.45) is 0. The van der Waals surface area contributed by atoms with Crippen LogP contribution < -0.4 is 15.0 Å². The Labute approximate surface area is 92.8 Å². The topological polar surface area (TPSA) is 51.3 Å². The fourth-order valence-corrected chi connectivity index (χ4v) is 1.81. The molecule has 0 bridgehead atoms. The van der Waals surface area contributed by atoms with Crippen molar-refractivity contribution < 1.29 is 9.47 Å². The maximum atomic E-state index is 11.4. The predicted octanol–water partition coefficient (Wildman–Crippen LogP) is 1.85. The number of hydrogen-bond acceptors (Lipinski definition) is 3. The monoisotopic (exact) mass is 219 g/mol. The number of benzene rings is 1. The van der Waals surface area contributed by atoms with Gasteiger partial charge >= 0.3 is 0 Å². The number of hydrogen-bond donors (Lipinski definition) is 1. The molecule has 1 aromatic heterocycles. The van der Waals surface area contributed by atoms with Gasteiger partial charge in [0, 0.05) is 17.0 Å². The zero-order valence-corrected chi connectivity index (χ0v) is 9.46. The fourth-order valence-electron chi connectivity index (χ4n) is 1.81. The number of fused-ring (bicyclic) bond motifs is 1. The van der Waals surface area contributed by atoms with Crippen LogP contribution in [0.15, 0.2) is 23.0 Å². The van der Waals surface area contributed by atoms with Crippen LogP contribution in [0.2, 0.25) is 0 Å². The van der Waals surface area contributed by atoms with Crippen molar-refractivity contribution in [3.8, 4) is 11.5 Å². The van der Waals surface area contributed by atoms with Gasteiger partial charge < -0.3 is 14.5 Å². The standard InChI is InChI=1S/C12H13NO3/c1-7-9(15-2)5-4-8-10(16-3)6-11(14)13-12(7)8/h4-6H,1-3H3,(H,13,14). The van der Waals surface area contributed by atoms with E-state index in [1.165, 1.54) is 6.07 Å². The number of nitrogens with one attached hydrogen (secondary N) is 1. The van der Waals surface area contributed by atoms with Gasteiger partial charge in [-0.3, -0.25) is 4.79 Å². The summed E-state index contributed by atoms with van der Waals surface area (Å²) < 4.78 is 10.4. The third kappa shape index (κ3) is 1.52. The van der Waals surface area contributed by atoms with Gasteiger partial charge in [0.25, 0.3) is 5.56 Å². The Morgan fingerprint density at radius 3 is 2.44 bits per heavy atom. The molecule has 84 valence electrons. The Kier molecular flexibility index (Phi) is 2.56. The highest BCUT2D eigenvalue weighted by molar-refractivity contribution is 5.88. The Bertz CT molecular complexity index is 587. The number of aryl methyl sites for hydroxylation is 1. The molecule has 0 aliphatic rings. The van der Waals surface area contributed by atoms with Crippen LogP contribution >= 0.6 is 0 Å². The summed E-state index contributed by atoms with van der Waals surface area (Å²) in [6.45, 7) is 1.90. The second-order valence-electron chi connectivity index (χ2n) is 3.52. The molecule has 0 unspecified atom stereocenters. The molecule has 4 heteroatoms. The SMILES string of the molecule is COc1ccc2c(OC)cc(=O)[nH]c2c1C. The minimum absolute atomic E-state index is 0.180. The molecule has 0 aliphatic heterocycles. The second kappa shape index (κ2) is 3.89. The number of aromatic amines is 1. The second-order valence-corrected chi connectivity index (χ2v) is 3.52. The molecule has 0 radical (unpaired) electrons. The van der Waals surface area contributed by atoms with E-state index >= 15 is 0 Å². The Morgan fingerprint density at radius 1 is 1.12 bits per heavy atom. The van der Waals surface area contributed by atoms with Gasteiger partial charge in [0.2, 0.25) is 0 Å². The van der Waals surface area contributed by atoms with E-state index in [-0.39, 0.29) is 5.56 Å². The van der Waals surface area contributed by atoms with E-state index in [0.717, 1.165) is 22.2 Å². The fraction of sp³-hybridized carbons (Fsp3) is 0.250. The van der Waals surface area contributed by atoms with Crippen LogP contribution in [-0.4, -0.2) is 19.2 Å². The van der Waals surface area contributed by atoms with Crippen LogP contribution in [0.25, 0.3) is 10.9 Å². The van der Waals surface area contributed by atoms with E-state index in [1.807, 2.05) is 19.1 Å². The van der Waals surface area contributed by atoms with Gasteiger partial charge in [0.15, 0.2) is 0 Å². The first-order valence-corrected chi connectivity index (χ1v) is 4.92. The number of ether oxygens (including phenoxy) is 2. The van der Waals surface area contributed by atoms with Crippen LogP contribution in [0.5, 0.6) is 11.5 Å². The van der Waals surface area contributed by atoms with E-state index < -0.39 is 0 Å². The van der Waals surface area contributed by atoms with Crippen molar-refractivity contribution >= 4 is 10.9 Å². The molecule has 0 spiro atoms. The highest BCUT2D eigenvalue weighted by atomic mass is 16.5. The molecule has 1 N–H and O–H groups in total. The lowest BCUT2D eigenvalue weighted by atomic mass is 10.1. The van der Waals surface area contributed by atoms with Gasteiger partial charge in [-0.05, 0) is 19.1 Å². The Morgan fingerprint density at radius 2 is 1.81 bits per heavy atom. The molecule has 1 heterocycles. The summed E-state index contributed by atoms with van der Waals surface area (Å²) in [5.41, 5.74) is 1.47. The Balaban J connectivity index is 2.88. The van der Waals surface area contributed by atoms with Crippen molar-refractivity contribution in [1.29, 1.82) is 0 Å². The molecule has 0 amide bonds. The van der Waals surface area contributed by atoms with Crippen LogP contribution in [0, 0.1) is 6.92 Å². The van der Waals surface area contributed by atoms with E-state index in [1.54, 1.807) is 14.2 Å². The highest BCUT2D eigenvalue weighted by Crippen LogP contribution is 2.29.